The molecule has 7 heteroatoms. The summed E-state index contributed by atoms with van der Waals surface area (Å²) in [7, 11) is 3.11. The molecule has 2 rings (SSSR count). The highest BCUT2D eigenvalue weighted by molar-refractivity contribution is 7.09. The molecule has 0 aromatic carbocycles. The molecule has 0 aliphatic heterocycles. The summed E-state index contributed by atoms with van der Waals surface area (Å²) in [5.74, 6) is 6.52. The van der Waals surface area contributed by atoms with Crippen LogP contribution >= 0.6 is 11.3 Å². The maximum Gasteiger partial charge on any atom is 0.240 e. The Kier molecular flexibility index (Phi) is 5.91. The quantitative estimate of drug-likeness (QED) is 0.574. The van der Waals surface area contributed by atoms with Crippen molar-refractivity contribution in [3.05, 3.63) is 34.3 Å². The van der Waals surface area contributed by atoms with Gasteiger partial charge in [-0.1, -0.05) is 6.07 Å². The van der Waals surface area contributed by atoms with Crippen molar-refractivity contribution in [2.24, 2.45) is 5.84 Å². The summed E-state index contributed by atoms with van der Waals surface area (Å²) in [5, 5.41) is 2.09. The third kappa shape index (κ3) is 4.13. The standard InChI is InChI=1S/C14H20N4O2S/c1-19-12-9-16-13(14(17-12)20-2)11(18-15)7-3-5-10-6-4-8-21-10/h4,6,8-9,11,18H,3,5,7,15H2,1-2H3. The Labute approximate surface area is 128 Å². The molecule has 0 saturated carbocycles. The summed E-state index contributed by atoms with van der Waals surface area (Å²) >= 11 is 1.77. The molecule has 0 spiro atoms. The van der Waals surface area contributed by atoms with E-state index in [4.69, 9.17) is 15.3 Å². The first-order valence-corrected chi connectivity index (χ1v) is 7.60. The van der Waals surface area contributed by atoms with Crippen molar-refractivity contribution in [1.82, 2.24) is 15.4 Å². The van der Waals surface area contributed by atoms with Gasteiger partial charge < -0.3 is 9.47 Å². The molecule has 114 valence electrons. The number of hydrazine groups is 1. The van der Waals surface area contributed by atoms with E-state index in [1.165, 1.54) is 4.88 Å². The predicted molar refractivity (Wildman–Crippen MR) is 82.5 cm³/mol. The number of thiophene rings is 1. The van der Waals surface area contributed by atoms with Gasteiger partial charge in [0.05, 0.1) is 26.5 Å². The molecule has 2 aromatic heterocycles. The molecule has 6 nitrogen and oxygen atoms in total. The number of methoxy groups -OCH3 is 2. The van der Waals surface area contributed by atoms with E-state index in [-0.39, 0.29) is 6.04 Å². The van der Waals surface area contributed by atoms with Crippen LogP contribution in [0.3, 0.4) is 0 Å². The Hall–Kier alpha value is -1.70. The molecule has 0 radical (unpaired) electrons. The molecule has 2 heterocycles. The maximum atomic E-state index is 5.66. The van der Waals surface area contributed by atoms with E-state index in [0.29, 0.717) is 17.5 Å². The fourth-order valence-electron chi connectivity index (χ4n) is 2.09. The summed E-state index contributed by atoms with van der Waals surface area (Å²) < 4.78 is 10.3. The lowest BCUT2D eigenvalue weighted by Gasteiger charge is -2.17. The molecule has 0 amide bonds. The van der Waals surface area contributed by atoms with Crippen LogP contribution in [0.4, 0.5) is 0 Å². The van der Waals surface area contributed by atoms with Gasteiger partial charge in [0.1, 0.15) is 5.69 Å². The molecule has 0 aliphatic rings. The number of rotatable bonds is 8. The molecule has 0 aliphatic carbocycles. The van der Waals surface area contributed by atoms with E-state index in [2.05, 4.69) is 32.9 Å². The lowest BCUT2D eigenvalue weighted by molar-refractivity contribution is 0.346. The van der Waals surface area contributed by atoms with Crippen LogP contribution in [-0.4, -0.2) is 24.2 Å². The lowest BCUT2D eigenvalue weighted by atomic mass is 10.1. The molecule has 2 aromatic rings. The van der Waals surface area contributed by atoms with Gasteiger partial charge in [-0.05, 0) is 30.7 Å². The van der Waals surface area contributed by atoms with Gasteiger partial charge in [-0.2, -0.15) is 4.98 Å². The van der Waals surface area contributed by atoms with Crippen LogP contribution in [0.1, 0.15) is 29.5 Å². The Morgan fingerprint density at radius 2 is 2.24 bits per heavy atom. The smallest absolute Gasteiger partial charge is 0.240 e. The highest BCUT2D eigenvalue weighted by Gasteiger charge is 2.18. The second-order valence-corrected chi connectivity index (χ2v) is 5.53. The summed E-state index contributed by atoms with van der Waals surface area (Å²) in [4.78, 5) is 9.96. The number of nitrogens with zero attached hydrogens (tertiary/aromatic N) is 2. The molecule has 3 N–H and O–H groups in total. The molecular formula is C14H20N4O2S. The van der Waals surface area contributed by atoms with Gasteiger partial charge >= 0.3 is 0 Å². The summed E-state index contributed by atoms with van der Waals surface area (Å²) in [6.07, 6.45) is 4.46. The second-order valence-electron chi connectivity index (χ2n) is 4.50. The number of nitrogens with two attached hydrogens (primary N) is 1. The van der Waals surface area contributed by atoms with Crippen LogP contribution in [0.2, 0.25) is 0 Å². The van der Waals surface area contributed by atoms with Gasteiger partial charge in [-0.25, -0.2) is 4.98 Å². The average molecular weight is 308 g/mol. The predicted octanol–water partition coefficient (Wildman–Crippen LogP) is 2.08. The van der Waals surface area contributed by atoms with Crippen LogP contribution in [-0.2, 0) is 6.42 Å². The first kappa shape index (κ1) is 15.7. The SMILES string of the molecule is COc1cnc(C(CCCc2cccs2)NN)c(OC)n1. The minimum absolute atomic E-state index is 0.0988. The van der Waals surface area contributed by atoms with Crippen molar-refractivity contribution >= 4 is 11.3 Å². The van der Waals surface area contributed by atoms with E-state index in [1.54, 1.807) is 31.8 Å². The highest BCUT2D eigenvalue weighted by Crippen LogP contribution is 2.26. The van der Waals surface area contributed by atoms with Gasteiger partial charge in [-0.15, -0.1) is 11.3 Å². The molecular weight excluding hydrogens is 288 g/mol. The van der Waals surface area contributed by atoms with Gasteiger partial charge in [-0.3, -0.25) is 11.3 Å². The first-order chi connectivity index (χ1) is 10.3. The molecule has 1 atom stereocenters. The zero-order valence-corrected chi connectivity index (χ0v) is 13.0. The van der Waals surface area contributed by atoms with Gasteiger partial charge in [0.25, 0.3) is 0 Å². The van der Waals surface area contributed by atoms with Gasteiger partial charge in [0.2, 0.25) is 11.8 Å². The zero-order valence-electron chi connectivity index (χ0n) is 12.2. The zero-order chi connectivity index (χ0) is 15.1. The van der Waals surface area contributed by atoms with Gasteiger partial charge in [0, 0.05) is 4.88 Å². The Morgan fingerprint density at radius 3 is 2.86 bits per heavy atom. The molecule has 0 saturated heterocycles. The fraction of sp³-hybridized carbons (Fsp3) is 0.429. The monoisotopic (exact) mass is 308 g/mol. The van der Waals surface area contributed by atoms with E-state index >= 15 is 0 Å². The fourth-order valence-corrected chi connectivity index (χ4v) is 2.84. The minimum atomic E-state index is -0.0988. The van der Waals surface area contributed by atoms with E-state index in [1.807, 2.05) is 0 Å². The third-order valence-electron chi connectivity index (χ3n) is 3.17. The lowest BCUT2D eigenvalue weighted by Crippen LogP contribution is -2.29. The number of nitrogens with one attached hydrogen (secondary N) is 1. The van der Waals surface area contributed by atoms with Crippen LogP contribution in [0.25, 0.3) is 0 Å². The Balaban J connectivity index is 2.02. The van der Waals surface area contributed by atoms with Crippen LogP contribution in [0.5, 0.6) is 11.8 Å². The van der Waals surface area contributed by atoms with Crippen molar-refractivity contribution in [3.8, 4) is 11.8 Å². The Bertz CT molecular complexity index is 548. The van der Waals surface area contributed by atoms with E-state index < -0.39 is 0 Å². The maximum absolute atomic E-state index is 5.66. The second kappa shape index (κ2) is 7.92. The van der Waals surface area contributed by atoms with Gasteiger partial charge in [0.15, 0.2) is 0 Å². The number of aromatic nitrogens is 2. The van der Waals surface area contributed by atoms with Crippen molar-refractivity contribution in [1.29, 1.82) is 0 Å². The topological polar surface area (TPSA) is 82.3 Å². The van der Waals surface area contributed by atoms with Crippen molar-refractivity contribution in [2.75, 3.05) is 14.2 Å². The summed E-state index contributed by atoms with van der Waals surface area (Å²) in [5.41, 5.74) is 3.49. The molecule has 0 fully saturated rings. The van der Waals surface area contributed by atoms with Crippen molar-refractivity contribution in [3.63, 3.8) is 0 Å². The minimum Gasteiger partial charge on any atom is -0.480 e. The highest BCUT2D eigenvalue weighted by atomic mass is 32.1. The number of aryl methyl sites for hydroxylation is 1. The summed E-state index contributed by atoms with van der Waals surface area (Å²) in [6.45, 7) is 0. The first-order valence-electron chi connectivity index (χ1n) is 6.72. The largest absolute Gasteiger partial charge is 0.480 e. The molecule has 21 heavy (non-hydrogen) atoms. The number of ether oxygens (including phenoxy) is 2. The van der Waals surface area contributed by atoms with E-state index in [0.717, 1.165) is 19.3 Å². The van der Waals surface area contributed by atoms with Crippen LogP contribution in [0, 0.1) is 0 Å². The van der Waals surface area contributed by atoms with Crippen molar-refractivity contribution < 1.29 is 9.47 Å². The third-order valence-corrected chi connectivity index (χ3v) is 4.11. The van der Waals surface area contributed by atoms with Crippen LogP contribution < -0.4 is 20.7 Å². The van der Waals surface area contributed by atoms with E-state index in [9.17, 15) is 0 Å². The molecule has 1 unspecified atom stereocenters. The normalized spacial score (nSPS) is 12.1. The van der Waals surface area contributed by atoms with Crippen LogP contribution in [0.15, 0.2) is 23.7 Å². The number of hydrogen-bond donors (Lipinski definition) is 2. The number of hydrogen-bond acceptors (Lipinski definition) is 7. The Morgan fingerprint density at radius 1 is 1.38 bits per heavy atom. The average Bonchev–Trinajstić information content (AvgIpc) is 3.04. The van der Waals surface area contributed by atoms with Crippen molar-refractivity contribution in [2.45, 2.75) is 25.3 Å². The molecule has 0 bridgehead atoms. The summed E-state index contributed by atoms with van der Waals surface area (Å²) in [6, 6.07) is 4.11.